The van der Waals surface area contributed by atoms with Gasteiger partial charge in [0.05, 0.1) is 7.11 Å². The van der Waals surface area contributed by atoms with E-state index in [0.717, 1.165) is 17.9 Å². The van der Waals surface area contributed by atoms with Crippen molar-refractivity contribution >= 4 is 21.6 Å². The lowest BCUT2D eigenvalue weighted by atomic mass is 10.0. The molecule has 1 atom stereocenters. The minimum atomic E-state index is 0.437. The molecule has 1 unspecified atom stereocenters. The summed E-state index contributed by atoms with van der Waals surface area (Å²) in [6, 6.07) is 17.1. The largest absolute Gasteiger partial charge is 0.497 e. The van der Waals surface area contributed by atoms with Crippen LogP contribution in [0.5, 0.6) is 5.75 Å². The molecule has 0 spiro atoms. The Balaban J connectivity index is 2.06. The van der Waals surface area contributed by atoms with E-state index in [1.807, 2.05) is 12.1 Å². The number of methoxy groups -OCH3 is 1. The molecule has 0 fully saturated rings. The molecule has 2 nitrogen and oxygen atoms in total. The highest BCUT2D eigenvalue weighted by atomic mass is 79.9. The minimum absolute atomic E-state index is 0.437. The molecule has 1 N–H and O–H groups in total. The molecule has 2 rings (SSSR count). The zero-order valence-corrected chi connectivity index (χ0v) is 14.9. The van der Waals surface area contributed by atoms with Gasteiger partial charge in [-0.15, -0.1) is 0 Å². The zero-order chi connectivity index (χ0) is 15.8. The first-order chi connectivity index (χ1) is 10.7. The Morgan fingerprint density at radius 3 is 2.45 bits per heavy atom. The van der Waals surface area contributed by atoms with Gasteiger partial charge in [0, 0.05) is 16.2 Å². The fourth-order valence-corrected chi connectivity index (χ4v) is 2.97. The summed E-state index contributed by atoms with van der Waals surface area (Å²) in [4.78, 5) is 0. The monoisotopic (exact) mass is 361 g/mol. The average molecular weight is 362 g/mol. The predicted octanol–water partition coefficient (Wildman–Crippen LogP) is 5.67. The van der Waals surface area contributed by atoms with Crippen molar-refractivity contribution < 1.29 is 4.74 Å². The summed E-state index contributed by atoms with van der Waals surface area (Å²) in [5, 5.41) is 3.66. The summed E-state index contributed by atoms with van der Waals surface area (Å²) >= 11 is 3.65. The van der Waals surface area contributed by atoms with Gasteiger partial charge in [0.2, 0.25) is 0 Å². The number of halogens is 1. The van der Waals surface area contributed by atoms with Crippen LogP contribution in [0.4, 0.5) is 5.69 Å². The van der Waals surface area contributed by atoms with Crippen molar-refractivity contribution in [3.8, 4) is 5.75 Å². The number of hydrogen-bond donors (Lipinski definition) is 1. The van der Waals surface area contributed by atoms with Crippen LogP contribution in [-0.2, 0) is 6.42 Å². The van der Waals surface area contributed by atoms with E-state index >= 15 is 0 Å². The maximum Gasteiger partial charge on any atom is 0.119 e. The van der Waals surface area contributed by atoms with Crippen LogP contribution >= 0.6 is 15.9 Å². The third-order valence-electron chi connectivity index (χ3n) is 3.79. The number of anilines is 1. The van der Waals surface area contributed by atoms with Gasteiger partial charge < -0.3 is 10.1 Å². The quantitative estimate of drug-likeness (QED) is 0.653. The van der Waals surface area contributed by atoms with E-state index in [2.05, 4.69) is 64.6 Å². The molecule has 0 aliphatic carbocycles. The lowest BCUT2D eigenvalue weighted by Gasteiger charge is -2.21. The highest BCUT2D eigenvalue weighted by molar-refractivity contribution is 9.10. The second-order valence-corrected chi connectivity index (χ2v) is 6.36. The first-order valence-corrected chi connectivity index (χ1v) is 8.66. The molecule has 0 aromatic heterocycles. The average Bonchev–Trinajstić information content (AvgIpc) is 2.55. The van der Waals surface area contributed by atoms with E-state index in [4.69, 9.17) is 4.74 Å². The normalized spacial score (nSPS) is 12.0. The molecule has 0 bridgehead atoms. The Kier molecular flexibility index (Phi) is 6.78. The molecule has 118 valence electrons. The molecule has 0 heterocycles. The number of nitrogens with one attached hydrogen (secondary N) is 1. The second-order valence-electron chi connectivity index (χ2n) is 5.51. The molecular weight excluding hydrogens is 338 g/mol. The number of ether oxygens (including phenoxy) is 1. The van der Waals surface area contributed by atoms with Crippen molar-refractivity contribution in [2.45, 2.75) is 38.6 Å². The van der Waals surface area contributed by atoms with Crippen molar-refractivity contribution in [2.24, 2.45) is 0 Å². The van der Waals surface area contributed by atoms with E-state index in [0.29, 0.717) is 6.04 Å². The Bertz CT molecular complexity index is 568. The highest BCUT2D eigenvalue weighted by Crippen LogP contribution is 2.22. The van der Waals surface area contributed by atoms with Crippen LogP contribution in [0.3, 0.4) is 0 Å². The fourth-order valence-electron chi connectivity index (χ4n) is 2.53. The van der Waals surface area contributed by atoms with Gasteiger partial charge in [-0.2, -0.15) is 0 Å². The molecule has 2 aromatic carbocycles. The van der Waals surface area contributed by atoms with Crippen molar-refractivity contribution in [2.75, 3.05) is 12.4 Å². The molecule has 0 aliphatic heterocycles. The van der Waals surface area contributed by atoms with Crippen LogP contribution < -0.4 is 10.1 Å². The maximum atomic E-state index is 5.22. The van der Waals surface area contributed by atoms with Gasteiger partial charge in [0.25, 0.3) is 0 Å². The molecule has 0 saturated heterocycles. The predicted molar refractivity (Wildman–Crippen MR) is 97.8 cm³/mol. The number of unbranched alkanes of at least 4 members (excludes halogenated alkanes) is 1. The van der Waals surface area contributed by atoms with Gasteiger partial charge in [0.15, 0.2) is 0 Å². The van der Waals surface area contributed by atoms with Crippen molar-refractivity contribution in [3.63, 3.8) is 0 Å². The van der Waals surface area contributed by atoms with Gasteiger partial charge in [-0.05, 0) is 48.7 Å². The molecule has 0 amide bonds. The first-order valence-electron chi connectivity index (χ1n) is 7.87. The zero-order valence-electron chi connectivity index (χ0n) is 13.3. The Hall–Kier alpha value is -1.48. The SMILES string of the molecule is CCCCC(Cc1ccccc1Br)Nc1ccc(OC)cc1. The molecular formula is C19H24BrNO. The minimum Gasteiger partial charge on any atom is -0.497 e. The van der Waals surface area contributed by atoms with Crippen LogP contribution in [0, 0.1) is 0 Å². The summed E-state index contributed by atoms with van der Waals surface area (Å²) in [6.45, 7) is 2.24. The Morgan fingerprint density at radius 1 is 1.09 bits per heavy atom. The topological polar surface area (TPSA) is 21.3 Å². The van der Waals surface area contributed by atoms with E-state index in [1.165, 1.54) is 29.3 Å². The van der Waals surface area contributed by atoms with E-state index in [9.17, 15) is 0 Å². The molecule has 0 radical (unpaired) electrons. The van der Waals surface area contributed by atoms with Gasteiger partial charge in [-0.25, -0.2) is 0 Å². The molecule has 3 heteroatoms. The summed E-state index contributed by atoms with van der Waals surface area (Å²) in [5.74, 6) is 0.890. The van der Waals surface area contributed by atoms with Gasteiger partial charge >= 0.3 is 0 Å². The van der Waals surface area contributed by atoms with Gasteiger partial charge in [-0.3, -0.25) is 0 Å². The maximum absolute atomic E-state index is 5.22. The van der Waals surface area contributed by atoms with Crippen LogP contribution in [-0.4, -0.2) is 13.2 Å². The standard InChI is InChI=1S/C19H24BrNO/c1-3-4-8-17(14-15-7-5-6-9-19(15)20)21-16-10-12-18(22-2)13-11-16/h5-7,9-13,17,21H,3-4,8,14H2,1-2H3. The summed E-state index contributed by atoms with van der Waals surface area (Å²) in [7, 11) is 1.69. The molecule has 22 heavy (non-hydrogen) atoms. The number of benzene rings is 2. The van der Waals surface area contributed by atoms with Gasteiger partial charge in [-0.1, -0.05) is 53.9 Å². The van der Waals surface area contributed by atoms with Crippen LogP contribution in [0.25, 0.3) is 0 Å². The van der Waals surface area contributed by atoms with Crippen LogP contribution in [0.2, 0.25) is 0 Å². The summed E-state index contributed by atoms with van der Waals surface area (Å²) in [6.07, 6.45) is 4.65. The van der Waals surface area contributed by atoms with E-state index in [-0.39, 0.29) is 0 Å². The van der Waals surface area contributed by atoms with E-state index in [1.54, 1.807) is 7.11 Å². The van der Waals surface area contributed by atoms with Crippen molar-refractivity contribution in [3.05, 3.63) is 58.6 Å². The third-order valence-corrected chi connectivity index (χ3v) is 4.56. The Labute approximate surface area is 142 Å². The second kappa shape index (κ2) is 8.84. The number of rotatable bonds is 8. The summed E-state index contributed by atoms with van der Waals surface area (Å²) < 4.78 is 6.40. The Morgan fingerprint density at radius 2 is 1.82 bits per heavy atom. The van der Waals surface area contributed by atoms with Crippen LogP contribution in [0.15, 0.2) is 53.0 Å². The lowest BCUT2D eigenvalue weighted by Crippen LogP contribution is -2.22. The fraction of sp³-hybridized carbons (Fsp3) is 0.368. The lowest BCUT2D eigenvalue weighted by molar-refractivity contribution is 0.415. The molecule has 0 saturated carbocycles. The summed E-state index contributed by atoms with van der Waals surface area (Å²) in [5.41, 5.74) is 2.50. The third kappa shape index (κ3) is 5.06. The van der Waals surface area contributed by atoms with Crippen LogP contribution in [0.1, 0.15) is 31.7 Å². The van der Waals surface area contributed by atoms with E-state index < -0.39 is 0 Å². The molecule has 0 aliphatic rings. The smallest absolute Gasteiger partial charge is 0.119 e. The number of hydrogen-bond acceptors (Lipinski definition) is 2. The molecule has 2 aromatic rings. The van der Waals surface area contributed by atoms with Crippen molar-refractivity contribution in [1.82, 2.24) is 0 Å². The first kappa shape index (κ1) is 16.9. The van der Waals surface area contributed by atoms with Crippen molar-refractivity contribution in [1.29, 1.82) is 0 Å². The van der Waals surface area contributed by atoms with Gasteiger partial charge in [0.1, 0.15) is 5.75 Å². The highest BCUT2D eigenvalue weighted by Gasteiger charge is 2.11.